The molecule has 5 heteroatoms. The van der Waals surface area contributed by atoms with E-state index in [0.29, 0.717) is 6.54 Å². The molecule has 0 aliphatic heterocycles. The van der Waals surface area contributed by atoms with Gasteiger partial charge in [-0.05, 0) is 43.7 Å². The van der Waals surface area contributed by atoms with Crippen molar-refractivity contribution >= 4 is 21.9 Å². The second-order valence-corrected chi connectivity index (χ2v) is 6.80. The average molecular weight is 358 g/mol. The fraction of sp³-hybridized carbons (Fsp3) is 0.562. The Hall–Kier alpha value is -0.940. The number of rotatable bonds is 5. The fourth-order valence-corrected chi connectivity index (χ4v) is 3.64. The predicted octanol–water partition coefficient (Wildman–Crippen LogP) is 4.20. The first-order chi connectivity index (χ1) is 9.93. The molecule has 0 aromatic heterocycles. The zero-order valence-corrected chi connectivity index (χ0v) is 13.8. The summed E-state index contributed by atoms with van der Waals surface area (Å²) >= 11 is 3.44. The Morgan fingerprint density at radius 3 is 2.67 bits per heavy atom. The van der Waals surface area contributed by atoms with Crippen molar-refractivity contribution in [3.05, 3.63) is 34.1 Å². The van der Waals surface area contributed by atoms with Crippen molar-refractivity contribution in [3.63, 3.8) is 0 Å². The molecule has 2 rings (SSSR count). The molecule has 3 nitrogen and oxygen atoms in total. The van der Waals surface area contributed by atoms with E-state index in [4.69, 9.17) is 0 Å². The maximum Gasteiger partial charge on any atom is 0.305 e. The van der Waals surface area contributed by atoms with E-state index in [0.717, 1.165) is 35.7 Å². The first-order valence-corrected chi connectivity index (χ1v) is 8.09. The molecule has 0 saturated heterocycles. The summed E-state index contributed by atoms with van der Waals surface area (Å²) in [5, 5.41) is 9.25. The molecular formula is C16H21BrFNO2. The first kappa shape index (κ1) is 16.4. The Labute approximate surface area is 133 Å². The van der Waals surface area contributed by atoms with Crippen LogP contribution in [-0.4, -0.2) is 28.6 Å². The van der Waals surface area contributed by atoms with Crippen LogP contribution >= 0.6 is 15.9 Å². The monoisotopic (exact) mass is 357 g/mol. The summed E-state index contributed by atoms with van der Waals surface area (Å²) in [5.41, 5.74) is 0.545. The van der Waals surface area contributed by atoms with Crippen LogP contribution in [0.3, 0.4) is 0 Å². The Bertz CT molecular complexity index is 515. The summed E-state index contributed by atoms with van der Waals surface area (Å²) in [6.45, 7) is 0.547. The highest BCUT2D eigenvalue weighted by atomic mass is 79.9. The van der Waals surface area contributed by atoms with Gasteiger partial charge in [-0.3, -0.25) is 9.69 Å². The lowest BCUT2D eigenvalue weighted by Gasteiger charge is -2.44. The highest BCUT2D eigenvalue weighted by Crippen LogP contribution is 2.37. The van der Waals surface area contributed by atoms with Crippen LogP contribution in [0.5, 0.6) is 0 Å². The van der Waals surface area contributed by atoms with Crippen LogP contribution in [0.25, 0.3) is 0 Å². The lowest BCUT2D eigenvalue weighted by atomic mass is 9.78. The molecule has 116 valence electrons. The summed E-state index contributed by atoms with van der Waals surface area (Å²) in [5.74, 6) is -1.03. The van der Waals surface area contributed by atoms with Gasteiger partial charge in [0.05, 0.1) is 6.42 Å². The van der Waals surface area contributed by atoms with E-state index in [2.05, 4.69) is 20.8 Å². The van der Waals surface area contributed by atoms with E-state index >= 15 is 0 Å². The van der Waals surface area contributed by atoms with Crippen molar-refractivity contribution in [1.29, 1.82) is 0 Å². The smallest absolute Gasteiger partial charge is 0.305 e. The van der Waals surface area contributed by atoms with Gasteiger partial charge in [0.25, 0.3) is 0 Å². The standard InChI is InChI=1S/C16H21BrFNO2/c1-19(11-12-9-13(18)5-6-14(12)17)16(10-15(20)21)7-3-2-4-8-16/h5-6,9H,2-4,7-8,10-11H2,1H3,(H,20,21). The lowest BCUT2D eigenvalue weighted by molar-refractivity contribution is -0.141. The number of carbonyl (C=O) groups is 1. The molecule has 1 aliphatic carbocycles. The van der Waals surface area contributed by atoms with Crippen LogP contribution < -0.4 is 0 Å². The van der Waals surface area contributed by atoms with E-state index in [1.807, 2.05) is 7.05 Å². The largest absolute Gasteiger partial charge is 0.481 e. The number of hydrogen-bond acceptors (Lipinski definition) is 2. The Balaban J connectivity index is 2.19. The van der Waals surface area contributed by atoms with Crippen molar-refractivity contribution < 1.29 is 14.3 Å². The highest BCUT2D eigenvalue weighted by molar-refractivity contribution is 9.10. The van der Waals surface area contributed by atoms with Gasteiger partial charge in [0, 0.05) is 16.6 Å². The van der Waals surface area contributed by atoms with Gasteiger partial charge in [0.15, 0.2) is 0 Å². The van der Waals surface area contributed by atoms with Gasteiger partial charge in [-0.15, -0.1) is 0 Å². The van der Waals surface area contributed by atoms with Crippen LogP contribution in [0, 0.1) is 5.82 Å². The number of nitrogens with zero attached hydrogens (tertiary/aromatic N) is 1. The number of aliphatic carboxylic acids is 1. The summed E-state index contributed by atoms with van der Waals surface area (Å²) in [7, 11) is 1.95. The molecule has 0 bridgehead atoms. The normalized spacial score (nSPS) is 17.9. The maximum absolute atomic E-state index is 13.4. The van der Waals surface area contributed by atoms with Crippen LogP contribution in [0.1, 0.15) is 44.1 Å². The van der Waals surface area contributed by atoms with E-state index in [1.165, 1.54) is 18.6 Å². The van der Waals surface area contributed by atoms with Gasteiger partial charge in [0.1, 0.15) is 5.82 Å². The number of carboxylic acids is 1. The topological polar surface area (TPSA) is 40.5 Å². The van der Waals surface area contributed by atoms with Crippen molar-refractivity contribution in [2.75, 3.05) is 7.05 Å². The molecular weight excluding hydrogens is 337 g/mol. The zero-order valence-electron chi connectivity index (χ0n) is 12.2. The number of hydrogen-bond donors (Lipinski definition) is 1. The molecule has 0 radical (unpaired) electrons. The third kappa shape index (κ3) is 4.04. The Morgan fingerprint density at radius 1 is 1.38 bits per heavy atom. The second-order valence-electron chi connectivity index (χ2n) is 5.95. The van der Waals surface area contributed by atoms with E-state index < -0.39 is 5.97 Å². The molecule has 0 atom stereocenters. The summed E-state index contributed by atoms with van der Waals surface area (Å²) in [6.07, 6.45) is 5.21. The molecule has 1 aromatic rings. The van der Waals surface area contributed by atoms with Gasteiger partial charge >= 0.3 is 5.97 Å². The van der Waals surface area contributed by atoms with Gasteiger partial charge < -0.3 is 5.11 Å². The molecule has 1 saturated carbocycles. The van der Waals surface area contributed by atoms with Crippen LogP contribution in [0.2, 0.25) is 0 Å². The first-order valence-electron chi connectivity index (χ1n) is 7.30. The van der Waals surface area contributed by atoms with Crippen LogP contribution in [0.15, 0.2) is 22.7 Å². The lowest BCUT2D eigenvalue weighted by Crippen LogP contribution is -2.49. The molecule has 0 spiro atoms. The molecule has 0 heterocycles. The minimum atomic E-state index is -0.762. The average Bonchev–Trinajstić information content (AvgIpc) is 2.43. The van der Waals surface area contributed by atoms with E-state index in [9.17, 15) is 14.3 Å². The van der Waals surface area contributed by atoms with Gasteiger partial charge in [-0.1, -0.05) is 35.2 Å². The quantitative estimate of drug-likeness (QED) is 0.858. The van der Waals surface area contributed by atoms with Gasteiger partial charge in [-0.25, -0.2) is 4.39 Å². The molecule has 0 unspecified atom stereocenters. The highest BCUT2D eigenvalue weighted by Gasteiger charge is 2.38. The molecule has 1 aromatic carbocycles. The van der Waals surface area contributed by atoms with Gasteiger partial charge in [-0.2, -0.15) is 0 Å². The van der Waals surface area contributed by atoms with Crippen LogP contribution in [0.4, 0.5) is 4.39 Å². The Kier molecular flexibility index (Phi) is 5.38. The second kappa shape index (κ2) is 6.88. The van der Waals surface area contributed by atoms with Crippen molar-refractivity contribution in [3.8, 4) is 0 Å². The number of carboxylic acid groups (broad SMARTS) is 1. The number of benzene rings is 1. The molecule has 1 fully saturated rings. The molecule has 1 N–H and O–H groups in total. The molecule has 21 heavy (non-hydrogen) atoms. The SMILES string of the molecule is CN(Cc1cc(F)ccc1Br)C1(CC(=O)O)CCCCC1. The van der Waals surface area contributed by atoms with Crippen molar-refractivity contribution in [2.45, 2.75) is 50.6 Å². The Morgan fingerprint density at radius 2 is 2.05 bits per heavy atom. The van der Waals surface area contributed by atoms with E-state index in [1.54, 1.807) is 6.07 Å². The van der Waals surface area contributed by atoms with Gasteiger partial charge in [0.2, 0.25) is 0 Å². The maximum atomic E-state index is 13.4. The van der Waals surface area contributed by atoms with Crippen LogP contribution in [-0.2, 0) is 11.3 Å². The molecule has 1 aliphatic rings. The summed E-state index contributed by atoms with van der Waals surface area (Å²) in [6, 6.07) is 4.63. The third-order valence-electron chi connectivity index (χ3n) is 4.49. The van der Waals surface area contributed by atoms with Crippen molar-refractivity contribution in [1.82, 2.24) is 4.90 Å². The number of halogens is 2. The zero-order chi connectivity index (χ0) is 15.5. The minimum Gasteiger partial charge on any atom is -0.481 e. The minimum absolute atomic E-state index is 0.149. The molecule has 0 amide bonds. The predicted molar refractivity (Wildman–Crippen MR) is 83.6 cm³/mol. The van der Waals surface area contributed by atoms with E-state index in [-0.39, 0.29) is 17.8 Å². The third-order valence-corrected chi connectivity index (χ3v) is 5.26. The summed E-state index contributed by atoms with van der Waals surface area (Å²) in [4.78, 5) is 13.4. The van der Waals surface area contributed by atoms with Crippen molar-refractivity contribution in [2.24, 2.45) is 0 Å². The fourth-order valence-electron chi connectivity index (χ4n) is 3.27. The summed E-state index contributed by atoms with van der Waals surface area (Å²) < 4.78 is 14.3.